The van der Waals surface area contributed by atoms with E-state index >= 15 is 0 Å². The molecule has 0 aromatic heterocycles. The van der Waals surface area contributed by atoms with Crippen molar-refractivity contribution in [2.24, 2.45) is 0 Å². The summed E-state index contributed by atoms with van der Waals surface area (Å²) in [4.78, 5) is 0. The highest BCUT2D eigenvalue weighted by molar-refractivity contribution is 6.25. The zero-order chi connectivity index (χ0) is 9.94. The van der Waals surface area contributed by atoms with Crippen molar-refractivity contribution in [1.29, 1.82) is 0 Å². The Labute approximate surface area is 86.0 Å². The molecule has 0 spiro atoms. The smallest absolute Gasteiger partial charge is 0.0431 e. The highest BCUT2D eigenvalue weighted by Gasteiger charge is 1.90. The first-order chi connectivity index (χ1) is 6.31. The van der Waals surface area contributed by atoms with Crippen LogP contribution < -0.4 is 5.32 Å². The van der Waals surface area contributed by atoms with E-state index in [1.165, 1.54) is 12.8 Å². The van der Waals surface area contributed by atoms with Crippen LogP contribution >= 0.6 is 11.6 Å². The Morgan fingerprint density at radius 2 is 2.00 bits per heavy atom. The molecule has 2 nitrogen and oxygen atoms in total. The number of unbranched alkanes of at least 4 members (excludes halogenated alkanes) is 3. The largest absolute Gasteiger partial charge is 0.396 e. The molecule has 13 heavy (non-hydrogen) atoms. The Bertz CT molecular complexity index is 137. The fourth-order valence-electron chi connectivity index (χ4n) is 1.04. The summed E-state index contributed by atoms with van der Waals surface area (Å²) in [5.41, 5.74) is 2.77. The molecule has 2 N–H and O–H groups in total. The summed E-state index contributed by atoms with van der Waals surface area (Å²) in [6, 6.07) is 0. The van der Waals surface area contributed by atoms with Crippen molar-refractivity contribution < 1.29 is 5.11 Å². The van der Waals surface area contributed by atoms with Crippen LogP contribution in [0.3, 0.4) is 0 Å². The second-order valence-electron chi connectivity index (χ2n) is 3.27. The van der Waals surface area contributed by atoms with Crippen molar-refractivity contribution >= 4 is 11.6 Å². The predicted molar refractivity (Wildman–Crippen MR) is 58.0 cm³/mol. The molecular weight excluding hydrogens is 186 g/mol. The van der Waals surface area contributed by atoms with E-state index in [2.05, 4.69) is 5.32 Å². The van der Waals surface area contributed by atoms with E-state index in [1.54, 1.807) is 5.54 Å². The summed E-state index contributed by atoms with van der Waals surface area (Å²) in [5.74, 6) is 0. The number of nitrogens with one attached hydrogen (secondary N) is 1. The van der Waals surface area contributed by atoms with Crippen molar-refractivity contribution in [3.63, 3.8) is 0 Å². The third-order valence-corrected chi connectivity index (χ3v) is 2.22. The average Bonchev–Trinajstić information content (AvgIpc) is 2.16. The lowest BCUT2D eigenvalue weighted by Crippen LogP contribution is -2.17. The molecule has 0 aliphatic rings. The van der Waals surface area contributed by atoms with Crippen LogP contribution in [0.4, 0.5) is 0 Å². The Kier molecular flexibility index (Phi) is 10.00. The lowest BCUT2D eigenvalue weighted by molar-refractivity contribution is 0.282. The van der Waals surface area contributed by atoms with E-state index in [0.717, 1.165) is 31.5 Å². The molecule has 0 aromatic carbocycles. The second-order valence-corrected chi connectivity index (χ2v) is 3.49. The molecule has 0 aliphatic carbocycles. The second kappa shape index (κ2) is 10.0. The van der Waals surface area contributed by atoms with Gasteiger partial charge in [0.25, 0.3) is 0 Å². The molecule has 0 atom stereocenters. The highest BCUT2D eigenvalue weighted by Crippen LogP contribution is 1.98. The first-order valence-corrected chi connectivity index (χ1v) is 5.32. The van der Waals surface area contributed by atoms with Crippen molar-refractivity contribution in [3.8, 4) is 0 Å². The van der Waals surface area contributed by atoms with E-state index in [1.807, 2.05) is 6.92 Å². The molecule has 78 valence electrons. The van der Waals surface area contributed by atoms with Crippen molar-refractivity contribution in [2.75, 3.05) is 19.7 Å². The van der Waals surface area contributed by atoms with Gasteiger partial charge in [-0.25, -0.2) is 0 Å². The summed E-state index contributed by atoms with van der Waals surface area (Å²) >= 11 is 5.50. The van der Waals surface area contributed by atoms with Crippen molar-refractivity contribution in [3.05, 3.63) is 11.1 Å². The Morgan fingerprint density at radius 1 is 1.31 bits per heavy atom. The van der Waals surface area contributed by atoms with Crippen LogP contribution in [0.25, 0.3) is 0 Å². The van der Waals surface area contributed by atoms with Crippen LogP contribution in [0.5, 0.6) is 0 Å². The van der Waals surface area contributed by atoms with Crippen LogP contribution in [0.2, 0.25) is 0 Å². The summed E-state index contributed by atoms with van der Waals surface area (Å²) < 4.78 is 0. The molecule has 3 heteroatoms. The van der Waals surface area contributed by atoms with E-state index in [9.17, 15) is 0 Å². The maximum absolute atomic E-state index is 8.54. The molecule has 0 saturated carbocycles. The van der Waals surface area contributed by atoms with Gasteiger partial charge < -0.3 is 10.4 Å². The maximum atomic E-state index is 8.54. The summed E-state index contributed by atoms with van der Waals surface area (Å²) in [6.07, 6.45) is 4.43. The first-order valence-electron chi connectivity index (χ1n) is 4.88. The van der Waals surface area contributed by atoms with Gasteiger partial charge in [-0.2, -0.15) is 0 Å². The number of hydrogen-bond acceptors (Lipinski definition) is 2. The molecule has 0 fully saturated rings. The number of halogens is 1. The van der Waals surface area contributed by atoms with Gasteiger partial charge in [0.15, 0.2) is 0 Å². The molecule has 0 bridgehead atoms. The molecule has 0 unspecified atom stereocenters. The van der Waals surface area contributed by atoms with E-state index in [-0.39, 0.29) is 0 Å². The molecule has 0 amide bonds. The van der Waals surface area contributed by atoms with Crippen LogP contribution in [0.15, 0.2) is 11.1 Å². The Morgan fingerprint density at radius 3 is 2.62 bits per heavy atom. The van der Waals surface area contributed by atoms with Crippen LogP contribution in [-0.2, 0) is 0 Å². The minimum Gasteiger partial charge on any atom is -0.396 e. The molecule has 0 aliphatic heterocycles. The van der Waals surface area contributed by atoms with Crippen LogP contribution in [-0.4, -0.2) is 24.8 Å². The van der Waals surface area contributed by atoms with Gasteiger partial charge in [0.05, 0.1) is 0 Å². The lowest BCUT2D eigenvalue weighted by Gasteiger charge is -2.03. The van der Waals surface area contributed by atoms with Gasteiger partial charge in [-0.05, 0) is 31.9 Å². The van der Waals surface area contributed by atoms with Crippen molar-refractivity contribution in [1.82, 2.24) is 5.32 Å². The van der Waals surface area contributed by atoms with Crippen LogP contribution in [0.1, 0.15) is 32.6 Å². The van der Waals surface area contributed by atoms with Crippen LogP contribution in [0, 0.1) is 0 Å². The minimum atomic E-state index is 0.321. The van der Waals surface area contributed by atoms with Gasteiger partial charge in [-0.15, -0.1) is 0 Å². The standard InChI is InChI=1S/C10H20ClNO/c1-10(8-11)9-12-6-4-2-3-5-7-13/h8,12-13H,2-7,9H2,1H3. The Balaban J connectivity index is 3.00. The fourth-order valence-corrected chi connectivity index (χ4v) is 1.12. The first kappa shape index (κ1) is 12.9. The summed E-state index contributed by atoms with van der Waals surface area (Å²) in [6.45, 7) is 4.24. The van der Waals surface area contributed by atoms with Gasteiger partial charge in [0, 0.05) is 18.7 Å². The van der Waals surface area contributed by atoms with Gasteiger partial charge in [0.1, 0.15) is 0 Å². The minimum absolute atomic E-state index is 0.321. The monoisotopic (exact) mass is 205 g/mol. The number of aliphatic hydroxyl groups is 1. The normalized spacial score (nSPS) is 12.1. The van der Waals surface area contributed by atoms with Gasteiger partial charge in [-0.1, -0.05) is 24.4 Å². The fraction of sp³-hybridized carbons (Fsp3) is 0.800. The quantitative estimate of drug-likeness (QED) is 0.596. The molecule has 0 rings (SSSR count). The van der Waals surface area contributed by atoms with E-state index in [4.69, 9.17) is 16.7 Å². The highest BCUT2D eigenvalue weighted by atomic mass is 35.5. The SMILES string of the molecule is CC(=CCl)CNCCCCCCO. The Hall–Kier alpha value is -0.0500. The van der Waals surface area contributed by atoms with Gasteiger partial charge in [0.2, 0.25) is 0 Å². The third-order valence-electron chi connectivity index (χ3n) is 1.85. The number of rotatable bonds is 8. The number of hydrogen-bond donors (Lipinski definition) is 2. The van der Waals surface area contributed by atoms with Gasteiger partial charge in [-0.3, -0.25) is 0 Å². The third kappa shape index (κ3) is 9.87. The summed E-state index contributed by atoms with van der Waals surface area (Å²) in [7, 11) is 0. The molecule has 0 saturated heterocycles. The lowest BCUT2D eigenvalue weighted by atomic mass is 10.2. The topological polar surface area (TPSA) is 32.3 Å². The zero-order valence-electron chi connectivity index (χ0n) is 8.35. The molecular formula is C10H20ClNO. The van der Waals surface area contributed by atoms with Gasteiger partial charge >= 0.3 is 0 Å². The summed E-state index contributed by atoms with van der Waals surface area (Å²) in [5, 5.41) is 11.8. The van der Waals surface area contributed by atoms with E-state index < -0.39 is 0 Å². The maximum Gasteiger partial charge on any atom is 0.0431 e. The molecule has 0 radical (unpaired) electrons. The van der Waals surface area contributed by atoms with E-state index in [0.29, 0.717) is 6.61 Å². The molecule has 0 heterocycles. The predicted octanol–water partition coefficient (Wildman–Crippen LogP) is 2.27. The zero-order valence-corrected chi connectivity index (χ0v) is 9.11. The number of aliphatic hydroxyl groups excluding tert-OH is 1. The molecule has 0 aromatic rings. The average molecular weight is 206 g/mol. The van der Waals surface area contributed by atoms with Crippen molar-refractivity contribution in [2.45, 2.75) is 32.6 Å².